The molecule has 1 amide bonds. The molecule has 1 aromatic carbocycles. The number of hydrogen-bond donors (Lipinski definition) is 0. The zero-order valence-electron chi connectivity index (χ0n) is 12.4. The Bertz CT molecular complexity index is 698. The van der Waals surface area contributed by atoms with E-state index >= 15 is 0 Å². The molecule has 1 aliphatic rings. The Kier molecular flexibility index (Phi) is 4.38. The van der Waals surface area contributed by atoms with E-state index in [1.54, 1.807) is 23.4 Å². The Hall–Kier alpha value is -1.95. The summed E-state index contributed by atoms with van der Waals surface area (Å²) in [4.78, 5) is 30.5. The number of benzene rings is 1. The van der Waals surface area contributed by atoms with Crippen LogP contribution in [0.4, 0.5) is 0 Å². The van der Waals surface area contributed by atoms with Crippen LogP contribution in [0.5, 0.6) is 0 Å². The Morgan fingerprint density at radius 1 is 1.45 bits per heavy atom. The number of amides is 1. The van der Waals surface area contributed by atoms with E-state index < -0.39 is 0 Å². The minimum atomic E-state index is -0.204. The summed E-state index contributed by atoms with van der Waals surface area (Å²) >= 11 is 1.52. The van der Waals surface area contributed by atoms with Crippen LogP contribution in [0.2, 0.25) is 0 Å². The van der Waals surface area contributed by atoms with E-state index in [-0.39, 0.29) is 17.8 Å². The lowest BCUT2D eigenvalue weighted by molar-refractivity contribution is -0.149. The van der Waals surface area contributed by atoms with Crippen LogP contribution in [0.15, 0.2) is 23.7 Å². The number of hydrogen-bond acceptors (Lipinski definition) is 5. The van der Waals surface area contributed by atoms with Crippen molar-refractivity contribution in [3.05, 3.63) is 29.3 Å². The Balaban J connectivity index is 1.74. The molecule has 5 nitrogen and oxygen atoms in total. The van der Waals surface area contributed by atoms with E-state index in [1.807, 2.05) is 12.1 Å². The molecule has 116 valence electrons. The average Bonchev–Trinajstić information content (AvgIpc) is 3.02. The topological polar surface area (TPSA) is 59.5 Å². The van der Waals surface area contributed by atoms with Crippen molar-refractivity contribution < 1.29 is 14.3 Å². The molecule has 1 fully saturated rings. The van der Waals surface area contributed by atoms with Gasteiger partial charge in [-0.1, -0.05) is 0 Å². The minimum absolute atomic E-state index is 0.0238. The van der Waals surface area contributed by atoms with Gasteiger partial charge in [-0.05, 0) is 38.0 Å². The number of rotatable bonds is 3. The van der Waals surface area contributed by atoms with Crippen molar-refractivity contribution in [1.29, 1.82) is 0 Å². The average molecular weight is 318 g/mol. The third kappa shape index (κ3) is 2.97. The Morgan fingerprint density at radius 3 is 3.14 bits per heavy atom. The van der Waals surface area contributed by atoms with Gasteiger partial charge in [-0.3, -0.25) is 9.59 Å². The molecular weight excluding hydrogens is 300 g/mol. The summed E-state index contributed by atoms with van der Waals surface area (Å²) in [5.41, 5.74) is 3.34. The van der Waals surface area contributed by atoms with Crippen molar-refractivity contribution in [2.45, 2.75) is 19.8 Å². The lowest BCUT2D eigenvalue weighted by Gasteiger charge is -2.31. The molecule has 0 saturated carbocycles. The molecule has 0 N–H and O–H groups in total. The molecule has 0 aliphatic carbocycles. The monoisotopic (exact) mass is 318 g/mol. The predicted octanol–water partition coefficient (Wildman–Crippen LogP) is 2.71. The maximum absolute atomic E-state index is 12.6. The van der Waals surface area contributed by atoms with Crippen LogP contribution in [-0.2, 0) is 9.53 Å². The summed E-state index contributed by atoms with van der Waals surface area (Å²) in [6, 6.07) is 5.55. The van der Waals surface area contributed by atoms with E-state index in [0.29, 0.717) is 25.3 Å². The first-order valence-electron chi connectivity index (χ1n) is 7.48. The molecule has 0 bridgehead atoms. The fraction of sp³-hybridized carbons (Fsp3) is 0.438. The van der Waals surface area contributed by atoms with Crippen molar-refractivity contribution >= 4 is 33.4 Å². The van der Waals surface area contributed by atoms with Crippen LogP contribution in [-0.4, -0.2) is 41.5 Å². The first kappa shape index (κ1) is 15.0. The molecule has 2 aromatic rings. The maximum Gasteiger partial charge on any atom is 0.310 e. The Morgan fingerprint density at radius 2 is 2.32 bits per heavy atom. The number of fused-ring (bicyclic) bond motifs is 1. The quantitative estimate of drug-likeness (QED) is 0.817. The third-order valence-corrected chi connectivity index (χ3v) is 4.70. The number of thiazole rings is 1. The van der Waals surface area contributed by atoms with Gasteiger partial charge in [0.15, 0.2) is 0 Å². The number of aromatic nitrogens is 1. The van der Waals surface area contributed by atoms with Gasteiger partial charge < -0.3 is 9.64 Å². The molecule has 1 atom stereocenters. The molecule has 6 heteroatoms. The van der Waals surface area contributed by atoms with Crippen molar-refractivity contribution in [1.82, 2.24) is 9.88 Å². The van der Waals surface area contributed by atoms with Gasteiger partial charge in [-0.25, -0.2) is 4.98 Å². The summed E-state index contributed by atoms with van der Waals surface area (Å²) in [5, 5.41) is 0. The summed E-state index contributed by atoms with van der Waals surface area (Å²) in [6.07, 6.45) is 1.62. The SMILES string of the molecule is CCOC(=O)[C@@H]1CCCN(C(=O)c2ccc3ncsc3c2)C1. The van der Waals surface area contributed by atoms with Crippen molar-refractivity contribution in [3.8, 4) is 0 Å². The number of carbonyl (C=O) groups is 2. The zero-order chi connectivity index (χ0) is 15.5. The van der Waals surface area contributed by atoms with Gasteiger partial charge in [0.1, 0.15) is 0 Å². The summed E-state index contributed by atoms with van der Waals surface area (Å²) in [7, 11) is 0. The number of nitrogens with zero attached hydrogens (tertiary/aromatic N) is 2. The van der Waals surface area contributed by atoms with Gasteiger partial charge in [0.25, 0.3) is 5.91 Å². The second-order valence-electron chi connectivity index (χ2n) is 5.38. The van der Waals surface area contributed by atoms with Gasteiger partial charge in [-0.2, -0.15) is 0 Å². The highest BCUT2D eigenvalue weighted by atomic mass is 32.1. The highest BCUT2D eigenvalue weighted by Gasteiger charge is 2.29. The molecule has 0 unspecified atom stereocenters. The lowest BCUT2D eigenvalue weighted by Crippen LogP contribution is -2.42. The molecule has 22 heavy (non-hydrogen) atoms. The van der Waals surface area contributed by atoms with Gasteiger partial charge in [0, 0.05) is 18.7 Å². The van der Waals surface area contributed by atoms with Crippen molar-refractivity contribution in [2.24, 2.45) is 5.92 Å². The van der Waals surface area contributed by atoms with Crippen LogP contribution in [0.1, 0.15) is 30.1 Å². The lowest BCUT2D eigenvalue weighted by atomic mass is 9.97. The first-order valence-corrected chi connectivity index (χ1v) is 8.36. The molecule has 0 radical (unpaired) electrons. The molecule has 0 spiro atoms. The van der Waals surface area contributed by atoms with Gasteiger partial charge >= 0.3 is 5.97 Å². The molecule has 1 aliphatic heterocycles. The molecule has 1 saturated heterocycles. The van der Waals surface area contributed by atoms with E-state index in [0.717, 1.165) is 23.1 Å². The largest absolute Gasteiger partial charge is 0.466 e. The smallest absolute Gasteiger partial charge is 0.310 e. The zero-order valence-corrected chi connectivity index (χ0v) is 13.3. The van der Waals surface area contributed by atoms with E-state index in [1.165, 1.54) is 11.3 Å². The van der Waals surface area contributed by atoms with Crippen molar-refractivity contribution in [3.63, 3.8) is 0 Å². The van der Waals surface area contributed by atoms with Crippen LogP contribution >= 0.6 is 11.3 Å². The summed E-state index contributed by atoms with van der Waals surface area (Å²) in [5.74, 6) is -0.424. The third-order valence-electron chi connectivity index (χ3n) is 3.91. The first-order chi connectivity index (χ1) is 10.7. The predicted molar refractivity (Wildman–Crippen MR) is 84.9 cm³/mol. The van der Waals surface area contributed by atoms with Crippen LogP contribution in [0, 0.1) is 5.92 Å². The van der Waals surface area contributed by atoms with E-state index in [4.69, 9.17) is 4.74 Å². The molecular formula is C16H18N2O3S. The molecule has 1 aromatic heterocycles. The molecule has 3 rings (SSSR count). The fourth-order valence-corrected chi connectivity index (χ4v) is 3.50. The highest BCUT2D eigenvalue weighted by molar-refractivity contribution is 7.16. The fourth-order valence-electron chi connectivity index (χ4n) is 2.78. The highest BCUT2D eigenvalue weighted by Crippen LogP contribution is 2.23. The van der Waals surface area contributed by atoms with Crippen molar-refractivity contribution in [2.75, 3.05) is 19.7 Å². The number of likely N-dealkylation sites (tertiary alicyclic amines) is 1. The summed E-state index contributed by atoms with van der Waals surface area (Å²) in [6.45, 7) is 3.31. The number of ether oxygens (including phenoxy) is 1. The second-order valence-corrected chi connectivity index (χ2v) is 6.26. The summed E-state index contributed by atoms with van der Waals surface area (Å²) < 4.78 is 6.08. The second kappa shape index (κ2) is 6.44. The minimum Gasteiger partial charge on any atom is -0.466 e. The van der Waals surface area contributed by atoms with Crippen LogP contribution in [0.3, 0.4) is 0 Å². The van der Waals surface area contributed by atoms with Gasteiger partial charge in [0.05, 0.1) is 28.3 Å². The van der Waals surface area contributed by atoms with E-state index in [2.05, 4.69) is 4.98 Å². The van der Waals surface area contributed by atoms with E-state index in [9.17, 15) is 9.59 Å². The van der Waals surface area contributed by atoms with Gasteiger partial charge in [-0.15, -0.1) is 11.3 Å². The number of carbonyl (C=O) groups excluding carboxylic acids is 2. The van der Waals surface area contributed by atoms with Crippen LogP contribution in [0.25, 0.3) is 10.2 Å². The number of piperidine rings is 1. The Labute approximate surface area is 132 Å². The number of esters is 1. The standard InChI is InChI=1S/C16H18N2O3S/c1-2-21-16(20)12-4-3-7-18(9-12)15(19)11-5-6-13-14(8-11)22-10-17-13/h5-6,8,10,12H,2-4,7,9H2,1H3/t12-/m1/s1. The molecule has 2 heterocycles. The normalized spacial score (nSPS) is 18.4. The van der Waals surface area contributed by atoms with Gasteiger partial charge in [0.2, 0.25) is 0 Å². The maximum atomic E-state index is 12.6. The van der Waals surface area contributed by atoms with Crippen LogP contribution < -0.4 is 0 Å².